The molecule has 0 amide bonds. The van der Waals surface area contributed by atoms with Crippen LogP contribution in [0.15, 0.2) is 109 Å². The van der Waals surface area contributed by atoms with Gasteiger partial charge in [-0.1, -0.05) is 109 Å². The number of rotatable bonds is 4. The van der Waals surface area contributed by atoms with Gasteiger partial charge in [0.15, 0.2) is 11.6 Å². The molecule has 36 heavy (non-hydrogen) atoms. The lowest BCUT2D eigenvalue weighted by Gasteiger charge is -2.18. The highest BCUT2D eigenvalue weighted by atomic mass is 35.5. The van der Waals surface area contributed by atoms with Crippen molar-refractivity contribution in [2.24, 2.45) is 0 Å². The van der Waals surface area contributed by atoms with Gasteiger partial charge in [0, 0.05) is 16.7 Å². The molecule has 1 aliphatic rings. The molecule has 5 heteroatoms. The van der Waals surface area contributed by atoms with Crippen molar-refractivity contribution in [3.8, 4) is 16.9 Å². The van der Waals surface area contributed by atoms with Crippen molar-refractivity contribution in [3.63, 3.8) is 0 Å². The summed E-state index contributed by atoms with van der Waals surface area (Å²) in [5.74, 6) is -1.02. The van der Waals surface area contributed by atoms with Gasteiger partial charge in [-0.15, -0.1) is 0 Å². The molecule has 0 unspecified atom stereocenters. The van der Waals surface area contributed by atoms with Crippen LogP contribution in [0.2, 0.25) is 5.02 Å². The van der Waals surface area contributed by atoms with E-state index in [0.717, 1.165) is 0 Å². The number of nitrogens with zero attached hydrogens (tertiary/aromatic N) is 1. The number of hydrogen-bond acceptors (Lipinski definition) is 3. The van der Waals surface area contributed by atoms with Crippen molar-refractivity contribution in [1.29, 1.82) is 0 Å². The van der Waals surface area contributed by atoms with Crippen molar-refractivity contribution in [1.82, 2.24) is 4.57 Å². The smallest absolute Gasteiger partial charge is 0.211 e. The average Bonchev–Trinajstić information content (AvgIpc) is 3.29. The van der Waals surface area contributed by atoms with Crippen molar-refractivity contribution >= 4 is 29.0 Å². The van der Waals surface area contributed by atoms with E-state index in [-0.39, 0.29) is 39.7 Å². The fourth-order valence-corrected chi connectivity index (χ4v) is 5.07. The van der Waals surface area contributed by atoms with Gasteiger partial charge in [0.05, 0.1) is 27.5 Å². The summed E-state index contributed by atoms with van der Waals surface area (Å²) in [6, 6.07) is 31.9. The molecule has 0 spiro atoms. The van der Waals surface area contributed by atoms with Crippen LogP contribution in [0.25, 0.3) is 16.9 Å². The summed E-state index contributed by atoms with van der Waals surface area (Å²) in [7, 11) is 0. The maximum atomic E-state index is 14.1. The van der Waals surface area contributed by atoms with E-state index in [2.05, 4.69) is 0 Å². The molecule has 4 nitrogen and oxygen atoms in total. The summed E-state index contributed by atoms with van der Waals surface area (Å²) in [6.07, 6.45) is 0. The molecule has 6 rings (SSSR count). The molecular formula is C31H18ClNO3. The SMILES string of the molecule is O=C1c2ccccc2C(=O)c2c1c(C(=O)c1ccccc1)c(-c1ccccc1)n2-c1ccccc1Cl. The first-order valence-electron chi connectivity index (χ1n) is 11.4. The quantitative estimate of drug-likeness (QED) is 0.257. The Labute approximate surface area is 212 Å². The van der Waals surface area contributed by atoms with E-state index in [1.807, 2.05) is 42.5 Å². The van der Waals surface area contributed by atoms with Crippen molar-refractivity contribution in [2.75, 3.05) is 0 Å². The molecule has 1 aromatic heterocycles. The maximum Gasteiger partial charge on any atom is 0.211 e. The third-order valence-electron chi connectivity index (χ3n) is 6.43. The van der Waals surface area contributed by atoms with E-state index in [1.165, 1.54) is 0 Å². The molecule has 0 fully saturated rings. The number of hydrogen-bond donors (Lipinski definition) is 0. The first-order chi connectivity index (χ1) is 17.6. The highest BCUT2D eigenvalue weighted by Crippen LogP contribution is 2.42. The van der Waals surface area contributed by atoms with Gasteiger partial charge >= 0.3 is 0 Å². The highest BCUT2D eigenvalue weighted by Gasteiger charge is 2.41. The van der Waals surface area contributed by atoms with Gasteiger partial charge in [0.2, 0.25) is 5.78 Å². The minimum atomic E-state index is -0.359. The molecule has 0 aliphatic heterocycles. The van der Waals surface area contributed by atoms with Crippen LogP contribution in [-0.4, -0.2) is 21.9 Å². The van der Waals surface area contributed by atoms with Crippen LogP contribution in [0, 0.1) is 0 Å². The second-order valence-electron chi connectivity index (χ2n) is 8.50. The Morgan fingerprint density at radius 1 is 0.611 bits per heavy atom. The van der Waals surface area contributed by atoms with Gasteiger partial charge in [-0.3, -0.25) is 14.4 Å². The maximum absolute atomic E-state index is 14.1. The number of carbonyl (C=O) groups excluding carboxylic acids is 3. The molecule has 0 radical (unpaired) electrons. The molecular weight excluding hydrogens is 470 g/mol. The average molecular weight is 488 g/mol. The van der Waals surface area contributed by atoms with Gasteiger partial charge in [-0.25, -0.2) is 0 Å². The summed E-state index contributed by atoms with van der Waals surface area (Å²) in [6.45, 7) is 0. The third-order valence-corrected chi connectivity index (χ3v) is 6.75. The Bertz CT molecular complexity index is 1680. The zero-order valence-electron chi connectivity index (χ0n) is 18.9. The van der Waals surface area contributed by atoms with E-state index >= 15 is 0 Å². The zero-order chi connectivity index (χ0) is 24.8. The van der Waals surface area contributed by atoms with E-state index < -0.39 is 0 Å². The fourth-order valence-electron chi connectivity index (χ4n) is 4.85. The predicted molar refractivity (Wildman–Crippen MR) is 139 cm³/mol. The number of aromatic nitrogens is 1. The van der Waals surface area contributed by atoms with Crippen LogP contribution in [0.3, 0.4) is 0 Å². The fraction of sp³-hybridized carbons (Fsp3) is 0. The monoisotopic (exact) mass is 487 g/mol. The summed E-state index contributed by atoms with van der Waals surface area (Å²) < 4.78 is 1.68. The molecule has 1 heterocycles. The van der Waals surface area contributed by atoms with Gasteiger partial charge in [0.1, 0.15) is 5.69 Å². The Morgan fingerprint density at radius 3 is 1.83 bits per heavy atom. The minimum absolute atomic E-state index is 0.103. The van der Waals surface area contributed by atoms with E-state index in [0.29, 0.717) is 33.1 Å². The number of para-hydroxylation sites is 1. The van der Waals surface area contributed by atoms with E-state index in [4.69, 9.17) is 11.6 Å². The normalized spacial score (nSPS) is 12.2. The highest BCUT2D eigenvalue weighted by molar-refractivity contribution is 6.35. The second-order valence-corrected chi connectivity index (χ2v) is 8.91. The second kappa shape index (κ2) is 8.59. The molecule has 0 bridgehead atoms. The lowest BCUT2D eigenvalue weighted by Crippen LogP contribution is -2.23. The Kier molecular flexibility index (Phi) is 5.24. The Balaban J connectivity index is 1.80. The molecule has 0 N–H and O–H groups in total. The van der Waals surface area contributed by atoms with Gasteiger partial charge in [-0.2, -0.15) is 0 Å². The number of halogens is 1. The topological polar surface area (TPSA) is 56.1 Å². The molecule has 0 saturated heterocycles. The number of ketones is 3. The summed E-state index contributed by atoms with van der Waals surface area (Å²) in [4.78, 5) is 42.1. The molecule has 1 aliphatic carbocycles. The lowest BCUT2D eigenvalue weighted by atomic mass is 9.84. The van der Waals surface area contributed by atoms with Gasteiger partial charge in [0.25, 0.3) is 0 Å². The largest absolute Gasteiger partial charge is 0.303 e. The zero-order valence-corrected chi connectivity index (χ0v) is 19.7. The lowest BCUT2D eigenvalue weighted by molar-refractivity contribution is 0.0970. The predicted octanol–water partition coefficient (Wildman–Crippen LogP) is 6.80. The van der Waals surface area contributed by atoms with Crippen LogP contribution in [0.4, 0.5) is 0 Å². The summed E-state index contributed by atoms with van der Waals surface area (Å²) in [5.41, 5.74) is 3.11. The number of carbonyl (C=O) groups is 3. The molecule has 172 valence electrons. The Hall–Kier alpha value is -4.54. The molecule has 0 saturated carbocycles. The standard InChI is InChI=1S/C31H18ClNO3/c32-23-17-9-10-18-24(23)33-27(19-11-3-1-4-12-19)25(29(34)20-13-5-2-6-14-20)26-28(33)31(36)22-16-8-7-15-21(22)30(26)35/h1-18H. The van der Waals surface area contributed by atoms with E-state index in [1.54, 1.807) is 71.3 Å². The van der Waals surface area contributed by atoms with Crippen LogP contribution in [-0.2, 0) is 0 Å². The minimum Gasteiger partial charge on any atom is -0.303 e. The van der Waals surface area contributed by atoms with Crippen LogP contribution >= 0.6 is 11.6 Å². The van der Waals surface area contributed by atoms with Gasteiger partial charge < -0.3 is 4.57 Å². The van der Waals surface area contributed by atoms with Crippen molar-refractivity contribution in [3.05, 3.63) is 148 Å². The first-order valence-corrected chi connectivity index (χ1v) is 11.8. The summed E-state index contributed by atoms with van der Waals surface area (Å²) >= 11 is 6.65. The number of benzene rings is 4. The summed E-state index contributed by atoms with van der Waals surface area (Å²) in [5, 5.41) is 0.394. The Morgan fingerprint density at radius 2 is 1.17 bits per heavy atom. The van der Waals surface area contributed by atoms with E-state index in [9.17, 15) is 14.4 Å². The third kappa shape index (κ3) is 3.27. The molecule has 4 aromatic carbocycles. The molecule has 5 aromatic rings. The van der Waals surface area contributed by atoms with Crippen molar-refractivity contribution in [2.45, 2.75) is 0 Å². The van der Waals surface area contributed by atoms with Crippen LogP contribution < -0.4 is 0 Å². The molecule has 0 atom stereocenters. The number of fused-ring (bicyclic) bond motifs is 2. The van der Waals surface area contributed by atoms with Crippen LogP contribution in [0.5, 0.6) is 0 Å². The first kappa shape index (κ1) is 22.0. The van der Waals surface area contributed by atoms with Gasteiger partial charge in [-0.05, 0) is 17.7 Å². The van der Waals surface area contributed by atoms with Crippen LogP contribution in [0.1, 0.15) is 47.9 Å². The van der Waals surface area contributed by atoms with Crippen molar-refractivity contribution < 1.29 is 14.4 Å².